The Kier molecular flexibility index (Phi) is 1.96. The van der Waals surface area contributed by atoms with Gasteiger partial charge in [0.25, 0.3) is 0 Å². The molecular weight excluding hydrogens is 126 g/mol. The first-order chi connectivity index (χ1) is 4.69. The molecule has 0 radical (unpaired) electrons. The van der Waals surface area contributed by atoms with Gasteiger partial charge < -0.3 is 5.11 Å². The van der Waals surface area contributed by atoms with Gasteiger partial charge in [0.2, 0.25) is 0 Å². The Balaban J connectivity index is 2.65. The minimum absolute atomic E-state index is 0.397. The van der Waals surface area contributed by atoms with Crippen molar-refractivity contribution in [1.29, 1.82) is 5.26 Å². The van der Waals surface area contributed by atoms with Gasteiger partial charge in [-0.2, -0.15) is 5.26 Å². The lowest BCUT2D eigenvalue weighted by atomic mass is 9.75. The molecule has 0 aromatic heterocycles. The molecule has 0 bridgehead atoms. The third-order valence-electron chi connectivity index (χ3n) is 2.41. The maximum absolute atomic E-state index is 9.41. The number of aliphatic hydroxyl groups is 1. The molecule has 1 aliphatic rings. The lowest BCUT2D eigenvalue weighted by Crippen LogP contribution is -2.33. The zero-order chi connectivity index (χ0) is 7.61. The van der Waals surface area contributed by atoms with E-state index in [9.17, 15) is 5.11 Å². The first kappa shape index (κ1) is 7.56. The van der Waals surface area contributed by atoms with Crippen molar-refractivity contribution in [3.63, 3.8) is 0 Å². The summed E-state index contributed by atoms with van der Waals surface area (Å²) in [5.74, 6) is 0. The topological polar surface area (TPSA) is 44.0 Å². The van der Waals surface area contributed by atoms with Crippen molar-refractivity contribution in [2.24, 2.45) is 5.41 Å². The van der Waals surface area contributed by atoms with Crippen molar-refractivity contribution in [3.8, 4) is 6.07 Å². The van der Waals surface area contributed by atoms with Gasteiger partial charge in [-0.1, -0.05) is 12.8 Å². The molecule has 2 heteroatoms. The van der Waals surface area contributed by atoms with E-state index in [0.29, 0.717) is 0 Å². The monoisotopic (exact) mass is 139 g/mol. The summed E-state index contributed by atoms with van der Waals surface area (Å²) in [4.78, 5) is 0. The molecule has 0 spiro atoms. The number of hydrogen-bond donors (Lipinski definition) is 1. The lowest BCUT2D eigenvalue weighted by molar-refractivity contribution is 0.0377. The summed E-state index contributed by atoms with van der Waals surface area (Å²) in [6.07, 6.45) is 3.40. The van der Waals surface area contributed by atoms with E-state index in [1.807, 2.05) is 6.92 Å². The van der Waals surface area contributed by atoms with Crippen molar-refractivity contribution >= 4 is 0 Å². The Morgan fingerprint density at radius 3 is 2.70 bits per heavy atom. The van der Waals surface area contributed by atoms with Crippen LogP contribution in [0.25, 0.3) is 0 Å². The second-order valence-electron chi connectivity index (χ2n) is 3.29. The van der Waals surface area contributed by atoms with Gasteiger partial charge in [0.1, 0.15) is 0 Å². The fraction of sp³-hybridized carbons (Fsp3) is 0.875. The van der Waals surface area contributed by atoms with E-state index in [1.165, 1.54) is 0 Å². The highest BCUT2D eigenvalue weighted by molar-refractivity contribution is 5.02. The minimum Gasteiger partial charge on any atom is -0.391 e. The van der Waals surface area contributed by atoms with Crippen LogP contribution in [0.3, 0.4) is 0 Å². The molecule has 1 fully saturated rings. The molecule has 2 nitrogen and oxygen atoms in total. The Bertz CT molecular complexity index is 161. The van der Waals surface area contributed by atoms with E-state index < -0.39 is 11.5 Å². The number of nitriles is 1. The van der Waals surface area contributed by atoms with Crippen LogP contribution in [0.5, 0.6) is 0 Å². The summed E-state index contributed by atoms with van der Waals surface area (Å²) in [6.45, 7) is 1.84. The van der Waals surface area contributed by atoms with Crippen LogP contribution in [0.2, 0.25) is 0 Å². The molecule has 56 valence electrons. The predicted octanol–water partition coefficient (Wildman–Crippen LogP) is 1.45. The first-order valence-electron chi connectivity index (χ1n) is 3.78. The molecule has 1 N–H and O–H groups in total. The van der Waals surface area contributed by atoms with Gasteiger partial charge >= 0.3 is 0 Å². The van der Waals surface area contributed by atoms with E-state index in [2.05, 4.69) is 6.07 Å². The van der Waals surface area contributed by atoms with Gasteiger partial charge in [0.15, 0.2) is 0 Å². The highest BCUT2D eigenvalue weighted by Gasteiger charge is 2.35. The van der Waals surface area contributed by atoms with Gasteiger partial charge in [-0.3, -0.25) is 0 Å². The number of rotatable bonds is 0. The zero-order valence-corrected chi connectivity index (χ0v) is 6.30. The van der Waals surface area contributed by atoms with Crippen LogP contribution in [0.15, 0.2) is 0 Å². The smallest absolute Gasteiger partial charge is 0.0804 e. The van der Waals surface area contributed by atoms with Crippen LogP contribution in [-0.4, -0.2) is 11.2 Å². The van der Waals surface area contributed by atoms with E-state index in [0.717, 1.165) is 25.7 Å². The second kappa shape index (κ2) is 2.59. The summed E-state index contributed by atoms with van der Waals surface area (Å²) in [5, 5.41) is 18.1. The average molecular weight is 139 g/mol. The maximum Gasteiger partial charge on any atom is 0.0804 e. The van der Waals surface area contributed by atoms with E-state index in [-0.39, 0.29) is 0 Å². The molecule has 0 amide bonds. The fourth-order valence-electron chi connectivity index (χ4n) is 1.45. The second-order valence-corrected chi connectivity index (χ2v) is 3.29. The Labute approximate surface area is 61.5 Å². The SMILES string of the molecule is C[C@]1(C#N)CCCC[C@H]1O. The van der Waals surface area contributed by atoms with Gasteiger partial charge in [-0.25, -0.2) is 0 Å². The normalized spacial score (nSPS) is 40.7. The molecule has 1 saturated carbocycles. The lowest BCUT2D eigenvalue weighted by Gasteiger charge is -2.31. The van der Waals surface area contributed by atoms with Crippen molar-refractivity contribution < 1.29 is 5.11 Å². The van der Waals surface area contributed by atoms with E-state index in [1.54, 1.807) is 0 Å². The predicted molar refractivity (Wildman–Crippen MR) is 38.2 cm³/mol. The molecular formula is C8H13NO. The molecule has 0 unspecified atom stereocenters. The van der Waals surface area contributed by atoms with Crippen molar-refractivity contribution in [1.82, 2.24) is 0 Å². The molecule has 1 rings (SSSR count). The van der Waals surface area contributed by atoms with E-state index in [4.69, 9.17) is 5.26 Å². The number of hydrogen-bond acceptors (Lipinski definition) is 2. The van der Waals surface area contributed by atoms with Crippen molar-refractivity contribution in [2.75, 3.05) is 0 Å². The summed E-state index contributed by atoms with van der Waals surface area (Å²) in [6, 6.07) is 2.18. The first-order valence-corrected chi connectivity index (χ1v) is 3.78. The molecule has 0 aromatic rings. The Morgan fingerprint density at radius 2 is 2.30 bits per heavy atom. The summed E-state index contributed by atoms with van der Waals surface area (Å²) in [7, 11) is 0. The van der Waals surface area contributed by atoms with Gasteiger partial charge in [-0.15, -0.1) is 0 Å². The highest BCUT2D eigenvalue weighted by Crippen LogP contribution is 2.34. The van der Waals surface area contributed by atoms with Crippen LogP contribution in [0.4, 0.5) is 0 Å². The molecule has 10 heavy (non-hydrogen) atoms. The largest absolute Gasteiger partial charge is 0.391 e. The number of nitrogens with zero attached hydrogens (tertiary/aromatic N) is 1. The van der Waals surface area contributed by atoms with Crippen molar-refractivity contribution in [3.05, 3.63) is 0 Å². The quantitative estimate of drug-likeness (QED) is 0.552. The van der Waals surface area contributed by atoms with Crippen LogP contribution in [0, 0.1) is 16.7 Å². The van der Waals surface area contributed by atoms with Crippen LogP contribution < -0.4 is 0 Å². The molecule has 0 saturated heterocycles. The average Bonchev–Trinajstić information content (AvgIpc) is 1.96. The maximum atomic E-state index is 9.41. The Hall–Kier alpha value is -0.550. The van der Waals surface area contributed by atoms with E-state index >= 15 is 0 Å². The summed E-state index contributed by atoms with van der Waals surface area (Å²) < 4.78 is 0. The van der Waals surface area contributed by atoms with Crippen LogP contribution in [0.1, 0.15) is 32.6 Å². The van der Waals surface area contributed by atoms with Crippen molar-refractivity contribution in [2.45, 2.75) is 38.7 Å². The van der Waals surface area contributed by atoms with Crippen LogP contribution >= 0.6 is 0 Å². The van der Waals surface area contributed by atoms with Gasteiger partial charge in [-0.05, 0) is 19.8 Å². The summed E-state index contributed by atoms with van der Waals surface area (Å²) >= 11 is 0. The third kappa shape index (κ3) is 1.15. The summed E-state index contributed by atoms with van der Waals surface area (Å²) in [5.41, 5.74) is -0.460. The molecule has 0 aliphatic heterocycles. The van der Waals surface area contributed by atoms with Crippen LogP contribution in [-0.2, 0) is 0 Å². The molecule has 0 aromatic carbocycles. The Morgan fingerprint density at radius 1 is 1.60 bits per heavy atom. The molecule has 0 heterocycles. The fourth-order valence-corrected chi connectivity index (χ4v) is 1.45. The standard InChI is InChI=1S/C8H13NO/c1-8(6-9)5-3-2-4-7(8)10/h7,10H,2-5H2,1H3/t7-,8-/m1/s1. The minimum atomic E-state index is -0.460. The zero-order valence-electron chi connectivity index (χ0n) is 6.30. The van der Waals surface area contributed by atoms with Gasteiger partial charge in [0.05, 0.1) is 17.6 Å². The molecule has 2 atom stereocenters. The third-order valence-corrected chi connectivity index (χ3v) is 2.41. The van der Waals surface area contributed by atoms with Gasteiger partial charge in [0, 0.05) is 0 Å². The highest BCUT2D eigenvalue weighted by atomic mass is 16.3. The number of aliphatic hydroxyl groups excluding tert-OH is 1. The molecule has 1 aliphatic carbocycles.